The summed E-state index contributed by atoms with van der Waals surface area (Å²) in [6.07, 6.45) is -8.66. The van der Waals surface area contributed by atoms with Crippen LogP contribution < -0.4 is 4.72 Å². The summed E-state index contributed by atoms with van der Waals surface area (Å²) in [5, 5.41) is -0.589. The first kappa shape index (κ1) is 24.9. The third-order valence-corrected chi connectivity index (χ3v) is 6.39. The highest BCUT2D eigenvalue weighted by atomic mass is 35.5. The van der Waals surface area contributed by atoms with Crippen LogP contribution in [-0.2, 0) is 22.4 Å². The van der Waals surface area contributed by atoms with Crippen LogP contribution in [0.15, 0.2) is 53.8 Å². The van der Waals surface area contributed by atoms with Crippen LogP contribution >= 0.6 is 23.2 Å². The molecule has 1 heterocycles. The molecule has 0 fully saturated rings. The van der Waals surface area contributed by atoms with E-state index in [4.69, 9.17) is 23.2 Å². The van der Waals surface area contributed by atoms with E-state index in [-0.39, 0.29) is 16.1 Å². The highest BCUT2D eigenvalue weighted by molar-refractivity contribution is 7.90. The average Bonchev–Trinajstić information content (AvgIpc) is 3.16. The Morgan fingerprint density at radius 3 is 1.94 bits per heavy atom. The van der Waals surface area contributed by atoms with Crippen molar-refractivity contribution in [3.63, 3.8) is 0 Å². The van der Waals surface area contributed by atoms with Crippen LogP contribution in [-0.4, -0.2) is 23.9 Å². The fraction of sp³-hybridized carbons (Fsp3) is 0.111. The summed E-state index contributed by atoms with van der Waals surface area (Å²) in [7, 11) is -4.59. The molecule has 1 aromatic heterocycles. The Hall–Kier alpha value is -2.77. The minimum atomic E-state index is -5.08. The molecule has 0 unspecified atom stereocenters. The molecule has 0 aliphatic heterocycles. The zero-order valence-electron chi connectivity index (χ0n) is 15.7. The number of benzene rings is 2. The van der Waals surface area contributed by atoms with Gasteiger partial charge >= 0.3 is 12.4 Å². The van der Waals surface area contributed by atoms with Crippen molar-refractivity contribution in [3.8, 4) is 5.69 Å². The number of nitrogens with zero attached hydrogens (tertiary/aromatic N) is 2. The van der Waals surface area contributed by atoms with Gasteiger partial charge in [0.2, 0.25) is 0 Å². The normalized spacial score (nSPS) is 12.6. The Morgan fingerprint density at radius 2 is 1.45 bits per heavy atom. The maximum absolute atomic E-state index is 13.1. The van der Waals surface area contributed by atoms with Crippen LogP contribution in [0.3, 0.4) is 0 Å². The van der Waals surface area contributed by atoms with Crippen molar-refractivity contribution >= 4 is 39.1 Å². The van der Waals surface area contributed by atoms with E-state index in [2.05, 4.69) is 4.98 Å². The second kappa shape index (κ2) is 8.54. The first-order valence-electron chi connectivity index (χ1n) is 8.44. The van der Waals surface area contributed by atoms with Gasteiger partial charge in [0.15, 0.2) is 0 Å². The fourth-order valence-corrected chi connectivity index (χ4v) is 4.74. The third kappa shape index (κ3) is 5.42. The number of nitrogens with one attached hydrogen (secondary N) is 1. The van der Waals surface area contributed by atoms with Crippen molar-refractivity contribution in [1.29, 1.82) is 0 Å². The fourth-order valence-electron chi connectivity index (χ4n) is 2.63. The zero-order valence-corrected chi connectivity index (χ0v) is 18.0. The number of hydrogen-bond donors (Lipinski definition) is 1. The van der Waals surface area contributed by atoms with Crippen LogP contribution in [0.25, 0.3) is 5.69 Å². The maximum Gasteiger partial charge on any atom is 0.416 e. The number of carbonyl (C=O) groups is 1. The molecule has 0 saturated carbocycles. The second-order valence-corrected chi connectivity index (χ2v) is 8.85. The first-order valence-corrected chi connectivity index (χ1v) is 10.7. The summed E-state index contributed by atoms with van der Waals surface area (Å²) < 4.78 is 106. The summed E-state index contributed by atoms with van der Waals surface area (Å²) in [5.74, 6) is -1.33. The molecule has 0 atom stereocenters. The van der Waals surface area contributed by atoms with Gasteiger partial charge in [-0.15, -0.1) is 0 Å². The number of halogens is 8. The van der Waals surface area contributed by atoms with Crippen molar-refractivity contribution in [1.82, 2.24) is 14.3 Å². The van der Waals surface area contributed by atoms with Crippen LogP contribution in [0.4, 0.5) is 26.3 Å². The van der Waals surface area contributed by atoms with E-state index in [1.807, 2.05) is 0 Å². The van der Waals surface area contributed by atoms with Crippen molar-refractivity contribution < 1.29 is 39.6 Å². The number of imidazole rings is 1. The number of aromatic nitrogens is 2. The van der Waals surface area contributed by atoms with E-state index in [0.717, 1.165) is 12.5 Å². The number of hydrogen-bond acceptors (Lipinski definition) is 4. The molecule has 0 radical (unpaired) electrons. The predicted octanol–water partition coefficient (Wildman–Crippen LogP) is 5.34. The summed E-state index contributed by atoms with van der Waals surface area (Å²) in [6.45, 7) is 0. The monoisotopic (exact) mass is 531 g/mol. The van der Waals surface area contributed by atoms with E-state index in [1.165, 1.54) is 18.2 Å². The van der Waals surface area contributed by atoms with E-state index >= 15 is 0 Å². The van der Waals surface area contributed by atoms with Gasteiger partial charge in [0.1, 0.15) is 16.9 Å². The zero-order chi connectivity index (χ0) is 24.8. The predicted molar refractivity (Wildman–Crippen MR) is 105 cm³/mol. The standard InChI is InChI=1S/C18H9Cl2F6N3O3S/c19-12-2-1-3-13(20)15(12)33(31,32)28-16(30)14-7-29(8-27-14)11-5-9(17(21,22)23)4-10(6-11)18(24,25)26/h1-8H,(H,28,30). The van der Waals surface area contributed by atoms with Gasteiger partial charge in [-0.1, -0.05) is 29.3 Å². The van der Waals surface area contributed by atoms with Crippen LogP contribution in [0.2, 0.25) is 10.0 Å². The van der Waals surface area contributed by atoms with Crippen molar-refractivity contribution in [2.24, 2.45) is 0 Å². The third-order valence-electron chi connectivity index (χ3n) is 4.10. The Labute approximate surface area is 191 Å². The largest absolute Gasteiger partial charge is 0.416 e. The number of alkyl halides is 6. The molecular weight excluding hydrogens is 523 g/mol. The minimum Gasteiger partial charge on any atom is -0.305 e. The molecule has 33 heavy (non-hydrogen) atoms. The van der Waals surface area contributed by atoms with Gasteiger partial charge in [-0.3, -0.25) is 4.79 Å². The van der Waals surface area contributed by atoms with Crippen LogP contribution in [0.1, 0.15) is 21.6 Å². The summed E-state index contributed by atoms with van der Waals surface area (Å²) in [4.78, 5) is 15.3. The molecule has 0 aliphatic carbocycles. The maximum atomic E-state index is 13.1. The molecule has 3 rings (SSSR count). The second-order valence-electron chi connectivity index (χ2n) is 6.42. The molecule has 6 nitrogen and oxygen atoms in total. The molecular formula is C18H9Cl2F6N3O3S. The Kier molecular flexibility index (Phi) is 6.43. The number of amides is 1. The van der Waals surface area contributed by atoms with Gasteiger partial charge in [-0.2, -0.15) is 26.3 Å². The molecule has 0 spiro atoms. The first-order chi connectivity index (χ1) is 15.1. The average molecular weight is 532 g/mol. The summed E-state index contributed by atoms with van der Waals surface area (Å²) in [6, 6.07) is 4.53. The molecule has 3 aromatic rings. The van der Waals surface area contributed by atoms with E-state index in [0.29, 0.717) is 16.7 Å². The van der Waals surface area contributed by atoms with Gasteiger partial charge in [0, 0.05) is 11.9 Å². The highest BCUT2D eigenvalue weighted by Gasteiger charge is 2.37. The molecule has 1 N–H and O–H groups in total. The molecule has 0 saturated heterocycles. The van der Waals surface area contributed by atoms with E-state index < -0.39 is 55.7 Å². The molecule has 1 amide bonds. The van der Waals surface area contributed by atoms with E-state index in [9.17, 15) is 39.6 Å². The number of sulfonamides is 1. The molecule has 15 heteroatoms. The topological polar surface area (TPSA) is 81.1 Å². The smallest absolute Gasteiger partial charge is 0.305 e. The lowest BCUT2D eigenvalue weighted by Crippen LogP contribution is -2.31. The van der Waals surface area contributed by atoms with Crippen molar-refractivity contribution in [3.05, 3.63) is 75.8 Å². The quantitative estimate of drug-likeness (QED) is 0.461. The van der Waals surface area contributed by atoms with Crippen LogP contribution in [0, 0.1) is 0 Å². The number of carbonyl (C=O) groups excluding carboxylic acids is 1. The van der Waals surface area contributed by atoms with Gasteiger partial charge in [0.05, 0.1) is 21.2 Å². The minimum absolute atomic E-state index is 0.0615. The SMILES string of the molecule is O=C(NS(=O)(=O)c1c(Cl)cccc1Cl)c1cn(-c2cc(C(F)(F)F)cc(C(F)(F)F)c2)cn1. The van der Waals surface area contributed by atoms with Crippen molar-refractivity contribution in [2.45, 2.75) is 17.2 Å². The Balaban J connectivity index is 1.96. The number of rotatable bonds is 4. The lowest BCUT2D eigenvalue weighted by molar-refractivity contribution is -0.143. The molecule has 0 bridgehead atoms. The van der Waals surface area contributed by atoms with Gasteiger partial charge in [-0.05, 0) is 30.3 Å². The Bertz CT molecular complexity index is 1280. The van der Waals surface area contributed by atoms with Gasteiger partial charge in [0.25, 0.3) is 15.9 Å². The molecule has 2 aromatic carbocycles. The van der Waals surface area contributed by atoms with Gasteiger partial charge < -0.3 is 4.57 Å². The molecule has 0 aliphatic rings. The summed E-state index contributed by atoms with van der Waals surface area (Å²) in [5.41, 5.74) is -4.39. The lowest BCUT2D eigenvalue weighted by atomic mass is 10.1. The molecule has 176 valence electrons. The summed E-state index contributed by atoms with van der Waals surface area (Å²) >= 11 is 11.6. The highest BCUT2D eigenvalue weighted by Crippen LogP contribution is 2.37. The Morgan fingerprint density at radius 1 is 0.939 bits per heavy atom. The van der Waals surface area contributed by atoms with Crippen LogP contribution in [0.5, 0.6) is 0 Å². The van der Waals surface area contributed by atoms with Gasteiger partial charge in [-0.25, -0.2) is 18.1 Å². The van der Waals surface area contributed by atoms with Crippen molar-refractivity contribution in [2.75, 3.05) is 0 Å². The van der Waals surface area contributed by atoms with E-state index in [1.54, 1.807) is 4.72 Å². The lowest BCUT2D eigenvalue weighted by Gasteiger charge is -2.14.